The zero-order valence-electron chi connectivity index (χ0n) is 15.0. The standard InChI is InChI=1S/C18H24N2O5/c1-10-5-13(16(21)22)9-20(8-10)18(24)19-15-7-14(17(23)25-4)11(2)6-12(15)3/h6-7,10,13H,5,8-9H2,1-4H3,(H,19,24)(H,21,22). The SMILES string of the molecule is COC(=O)c1cc(NC(=O)N2CC(C)CC(C(=O)O)C2)c(C)cc1C. The Kier molecular flexibility index (Phi) is 5.66. The van der Waals surface area contributed by atoms with Gasteiger partial charge in [0.2, 0.25) is 0 Å². The number of methoxy groups -OCH3 is 1. The monoisotopic (exact) mass is 348 g/mol. The number of ether oxygens (including phenoxy) is 1. The Hall–Kier alpha value is -2.57. The van der Waals surface area contributed by atoms with Gasteiger partial charge in [-0.15, -0.1) is 0 Å². The number of carboxylic acids is 1. The number of rotatable bonds is 3. The van der Waals surface area contributed by atoms with Gasteiger partial charge in [0.15, 0.2) is 0 Å². The summed E-state index contributed by atoms with van der Waals surface area (Å²) < 4.78 is 4.76. The Bertz CT molecular complexity index is 701. The first-order chi connectivity index (χ1) is 11.7. The third-order valence-electron chi connectivity index (χ3n) is 4.51. The lowest BCUT2D eigenvalue weighted by atomic mass is 9.91. The molecule has 0 bridgehead atoms. The first-order valence-electron chi connectivity index (χ1n) is 8.21. The molecule has 0 saturated carbocycles. The van der Waals surface area contributed by atoms with Crippen LogP contribution < -0.4 is 5.32 Å². The predicted molar refractivity (Wildman–Crippen MR) is 92.8 cm³/mol. The Morgan fingerprint density at radius 1 is 1.20 bits per heavy atom. The van der Waals surface area contributed by atoms with E-state index in [0.717, 1.165) is 11.1 Å². The van der Waals surface area contributed by atoms with E-state index in [2.05, 4.69) is 5.32 Å². The smallest absolute Gasteiger partial charge is 0.338 e. The number of aryl methyl sites for hydroxylation is 2. The molecule has 2 atom stereocenters. The van der Waals surface area contributed by atoms with E-state index in [9.17, 15) is 19.5 Å². The molecule has 1 aliphatic heterocycles. The largest absolute Gasteiger partial charge is 0.481 e. The lowest BCUT2D eigenvalue weighted by Crippen LogP contribution is -2.47. The number of carbonyl (C=O) groups excluding carboxylic acids is 2. The van der Waals surface area contributed by atoms with Gasteiger partial charge in [-0.25, -0.2) is 9.59 Å². The molecule has 1 heterocycles. The van der Waals surface area contributed by atoms with Crippen LogP contribution in [0.4, 0.5) is 10.5 Å². The molecule has 2 rings (SSSR count). The van der Waals surface area contributed by atoms with E-state index in [1.54, 1.807) is 19.1 Å². The normalized spacial score (nSPS) is 20.1. The predicted octanol–water partition coefficient (Wildman–Crippen LogP) is 2.66. The molecule has 2 amide bonds. The maximum Gasteiger partial charge on any atom is 0.338 e. The number of carboxylic acid groups (broad SMARTS) is 1. The van der Waals surface area contributed by atoms with Gasteiger partial charge >= 0.3 is 18.0 Å². The number of nitrogens with zero attached hydrogens (tertiary/aromatic N) is 1. The number of hydrogen-bond donors (Lipinski definition) is 2. The summed E-state index contributed by atoms with van der Waals surface area (Å²) in [6.45, 7) is 6.25. The first-order valence-corrected chi connectivity index (χ1v) is 8.21. The van der Waals surface area contributed by atoms with Crippen molar-refractivity contribution in [3.63, 3.8) is 0 Å². The van der Waals surface area contributed by atoms with Crippen LogP contribution in [0, 0.1) is 25.7 Å². The van der Waals surface area contributed by atoms with E-state index in [1.165, 1.54) is 12.0 Å². The number of likely N-dealkylation sites (tertiary alicyclic amines) is 1. The fourth-order valence-electron chi connectivity index (χ4n) is 3.21. The Balaban J connectivity index is 2.19. The van der Waals surface area contributed by atoms with Gasteiger partial charge < -0.3 is 20.1 Å². The van der Waals surface area contributed by atoms with Crippen LogP contribution in [0.1, 0.15) is 34.8 Å². The number of carbonyl (C=O) groups is 3. The Morgan fingerprint density at radius 2 is 1.88 bits per heavy atom. The van der Waals surface area contributed by atoms with Crippen molar-refractivity contribution in [2.45, 2.75) is 27.2 Å². The Labute approximate surface area is 147 Å². The van der Waals surface area contributed by atoms with Crippen molar-refractivity contribution in [1.29, 1.82) is 0 Å². The highest BCUT2D eigenvalue weighted by Crippen LogP contribution is 2.25. The van der Waals surface area contributed by atoms with Gasteiger partial charge in [-0.05, 0) is 43.4 Å². The number of benzene rings is 1. The molecular formula is C18H24N2O5. The van der Waals surface area contributed by atoms with Crippen LogP contribution >= 0.6 is 0 Å². The van der Waals surface area contributed by atoms with Gasteiger partial charge in [-0.2, -0.15) is 0 Å². The molecule has 0 spiro atoms. The molecule has 25 heavy (non-hydrogen) atoms. The van der Waals surface area contributed by atoms with Crippen LogP contribution in [0.2, 0.25) is 0 Å². The van der Waals surface area contributed by atoms with Crippen molar-refractivity contribution in [2.75, 3.05) is 25.5 Å². The first kappa shape index (κ1) is 18.8. The second kappa shape index (κ2) is 7.55. The Morgan fingerprint density at radius 3 is 2.48 bits per heavy atom. The van der Waals surface area contributed by atoms with Crippen molar-refractivity contribution in [2.24, 2.45) is 11.8 Å². The molecule has 136 valence electrons. The van der Waals surface area contributed by atoms with Crippen LogP contribution in [0.25, 0.3) is 0 Å². The fourth-order valence-corrected chi connectivity index (χ4v) is 3.21. The number of amides is 2. The molecule has 1 aliphatic rings. The van der Waals surface area contributed by atoms with E-state index in [0.29, 0.717) is 24.2 Å². The second-order valence-electron chi connectivity index (χ2n) is 6.68. The quantitative estimate of drug-likeness (QED) is 0.819. The number of nitrogens with one attached hydrogen (secondary N) is 1. The van der Waals surface area contributed by atoms with Gasteiger partial charge in [-0.3, -0.25) is 4.79 Å². The van der Waals surface area contributed by atoms with Gasteiger partial charge in [0, 0.05) is 18.8 Å². The van der Waals surface area contributed by atoms with Crippen LogP contribution in [-0.2, 0) is 9.53 Å². The van der Waals surface area contributed by atoms with Crippen molar-refractivity contribution in [3.8, 4) is 0 Å². The summed E-state index contributed by atoms with van der Waals surface area (Å²) in [5, 5.41) is 12.0. The third-order valence-corrected chi connectivity index (χ3v) is 4.51. The van der Waals surface area contributed by atoms with Crippen LogP contribution in [0.15, 0.2) is 12.1 Å². The van der Waals surface area contributed by atoms with E-state index >= 15 is 0 Å². The third kappa shape index (κ3) is 4.29. The maximum absolute atomic E-state index is 12.6. The molecule has 2 unspecified atom stereocenters. The number of esters is 1. The summed E-state index contributed by atoms with van der Waals surface area (Å²) in [6, 6.07) is 3.04. The lowest BCUT2D eigenvalue weighted by Gasteiger charge is -2.34. The molecule has 1 fully saturated rings. The second-order valence-corrected chi connectivity index (χ2v) is 6.68. The summed E-state index contributed by atoms with van der Waals surface area (Å²) in [4.78, 5) is 37.2. The van der Waals surface area contributed by atoms with Gasteiger partial charge in [0.05, 0.1) is 18.6 Å². The molecule has 1 aromatic rings. The highest BCUT2D eigenvalue weighted by molar-refractivity contribution is 5.96. The topological polar surface area (TPSA) is 95.9 Å². The zero-order valence-corrected chi connectivity index (χ0v) is 15.0. The highest BCUT2D eigenvalue weighted by Gasteiger charge is 2.32. The number of anilines is 1. The molecule has 1 aromatic carbocycles. The van der Waals surface area contributed by atoms with Crippen LogP contribution in [0.5, 0.6) is 0 Å². The van der Waals surface area contributed by atoms with Gasteiger partial charge in [0.25, 0.3) is 0 Å². The molecule has 7 heteroatoms. The average molecular weight is 348 g/mol. The number of urea groups is 1. The number of piperidine rings is 1. The summed E-state index contributed by atoms with van der Waals surface area (Å²) in [7, 11) is 1.31. The van der Waals surface area contributed by atoms with Gasteiger partial charge in [0.1, 0.15) is 0 Å². The minimum Gasteiger partial charge on any atom is -0.481 e. The van der Waals surface area contributed by atoms with Crippen LogP contribution in [-0.4, -0.2) is 48.2 Å². The molecule has 0 aliphatic carbocycles. The number of aliphatic carboxylic acids is 1. The molecule has 2 N–H and O–H groups in total. The highest BCUT2D eigenvalue weighted by atomic mass is 16.5. The molecular weight excluding hydrogens is 324 g/mol. The molecule has 0 aromatic heterocycles. The van der Waals surface area contributed by atoms with Crippen molar-refractivity contribution in [1.82, 2.24) is 4.90 Å². The van der Waals surface area contributed by atoms with Crippen molar-refractivity contribution >= 4 is 23.7 Å². The average Bonchev–Trinajstić information content (AvgIpc) is 2.55. The molecule has 7 nitrogen and oxygen atoms in total. The van der Waals surface area contributed by atoms with Crippen molar-refractivity contribution in [3.05, 3.63) is 28.8 Å². The fraction of sp³-hybridized carbons (Fsp3) is 0.500. The summed E-state index contributed by atoms with van der Waals surface area (Å²) in [5.41, 5.74) is 2.48. The minimum atomic E-state index is -0.885. The summed E-state index contributed by atoms with van der Waals surface area (Å²) in [6.07, 6.45) is 0.565. The zero-order chi connectivity index (χ0) is 18.7. The molecule has 0 radical (unpaired) electrons. The van der Waals surface area contributed by atoms with Crippen molar-refractivity contribution < 1.29 is 24.2 Å². The van der Waals surface area contributed by atoms with Crippen LogP contribution in [0.3, 0.4) is 0 Å². The van der Waals surface area contributed by atoms with E-state index < -0.39 is 17.9 Å². The number of hydrogen-bond acceptors (Lipinski definition) is 4. The summed E-state index contributed by atoms with van der Waals surface area (Å²) >= 11 is 0. The summed E-state index contributed by atoms with van der Waals surface area (Å²) in [5.74, 6) is -1.79. The van der Waals surface area contributed by atoms with E-state index in [-0.39, 0.29) is 18.5 Å². The lowest BCUT2D eigenvalue weighted by molar-refractivity contribution is -0.143. The van der Waals surface area contributed by atoms with E-state index in [1.807, 2.05) is 13.8 Å². The minimum absolute atomic E-state index is 0.116. The molecule has 1 saturated heterocycles. The van der Waals surface area contributed by atoms with E-state index in [4.69, 9.17) is 4.74 Å². The maximum atomic E-state index is 12.6. The van der Waals surface area contributed by atoms with Gasteiger partial charge in [-0.1, -0.05) is 13.0 Å².